The number of carbonyl (C=O) groups is 6. The molecule has 2 unspecified atom stereocenters. The molecule has 2 fully saturated rings. The number of aromatic hydroxyl groups is 1. The van der Waals surface area contributed by atoms with Gasteiger partial charge >= 0.3 is 0 Å². The van der Waals surface area contributed by atoms with Crippen LogP contribution in [0.2, 0.25) is 0 Å². The van der Waals surface area contributed by atoms with E-state index in [1.807, 2.05) is 20.8 Å². The van der Waals surface area contributed by atoms with Crippen LogP contribution in [0.5, 0.6) is 5.75 Å². The van der Waals surface area contributed by atoms with E-state index in [9.17, 15) is 39.0 Å². The summed E-state index contributed by atoms with van der Waals surface area (Å²) in [5.74, 6) is -10.9. The molecular weight excluding hydrogens is 528 g/mol. The van der Waals surface area contributed by atoms with Crippen LogP contribution in [0.25, 0.3) is 0 Å². The molecule has 0 aliphatic heterocycles. The van der Waals surface area contributed by atoms with Crippen LogP contribution >= 0.6 is 0 Å². The first-order valence-corrected chi connectivity index (χ1v) is 13.6. The Morgan fingerprint density at radius 2 is 1.71 bits per heavy atom. The van der Waals surface area contributed by atoms with Crippen molar-refractivity contribution in [2.75, 3.05) is 0 Å². The molecule has 5 rings (SSSR count). The maximum Gasteiger partial charge on any atom is 0.251 e. The highest BCUT2D eigenvalue weighted by atomic mass is 16.3. The van der Waals surface area contributed by atoms with Crippen molar-refractivity contribution in [2.24, 2.45) is 29.4 Å². The summed E-state index contributed by atoms with van der Waals surface area (Å²) in [4.78, 5) is 78.2. The number of aliphatic hydroxyl groups is 1. The van der Waals surface area contributed by atoms with E-state index >= 15 is 0 Å². The Morgan fingerprint density at radius 3 is 2.32 bits per heavy atom. The number of phenolic OH excluding ortho intramolecular Hbond substituents is 1. The number of ketones is 4. The molecule has 0 heterocycles. The molecule has 2 amide bonds. The lowest BCUT2D eigenvalue weighted by molar-refractivity contribution is -0.175. The summed E-state index contributed by atoms with van der Waals surface area (Å²) in [5, 5.41) is 25.6. The van der Waals surface area contributed by atoms with Crippen molar-refractivity contribution in [3.63, 3.8) is 0 Å². The van der Waals surface area contributed by atoms with Crippen molar-refractivity contribution in [3.05, 3.63) is 64.2 Å². The van der Waals surface area contributed by atoms with E-state index in [1.54, 1.807) is 36.4 Å². The minimum absolute atomic E-state index is 0.00134. The van der Waals surface area contributed by atoms with Gasteiger partial charge in [0.2, 0.25) is 5.91 Å². The second-order valence-electron chi connectivity index (χ2n) is 12.3. The number of benzene rings is 2. The Labute approximate surface area is 236 Å². The highest BCUT2D eigenvalue weighted by Gasteiger charge is 2.66. The van der Waals surface area contributed by atoms with E-state index < -0.39 is 70.1 Å². The fourth-order valence-corrected chi connectivity index (χ4v) is 6.71. The smallest absolute Gasteiger partial charge is 0.251 e. The molecule has 10 heteroatoms. The van der Waals surface area contributed by atoms with E-state index in [0.29, 0.717) is 22.3 Å². The third-order valence-electron chi connectivity index (χ3n) is 8.78. The van der Waals surface area contributed by atoms with Gasteiger partial charge in [-0.15, -0.1) is 0 Å². The van der Waals surface area contributed by atoms with Gasteiger partial charge in [-0.2, -0.15) is 0 Å². The lowest BCUT2D eigenvalue weighted by Crippen LogP contribution is -2.68. The Hall–Kier alpha value is -4.18. The Kier molecular flexibility index (Phi) is 6.73. The monoisotopic (exact) mass is 560 g/mol. The van der Waals surface area contributed by atoms with Crippen molar-refractivity contribution < 1.29 is 39.0 Å². The third kappa shape index (κ3) is 4.37. The number of hydrogen-bond acceptors (Lipinski definition) is 8. The molecule has 5 atom stereocenters. The second kappa shape index (κ2) is 9.73. The van der Waals surface area contributed by atoms with Gasteiger partial charge in [0.25, 0.3) is 5.91 Å². The van der Waals surface area contributed by atoms with Crippen molar-refractivity contribution in [3.8, 4) is 5.75 Å². The van der Waals surface area contributed by atoms with Crippen LogP contribution in [0, 0.1) is 23.7 Å². The largest absolute Gasteiger partial charge is 0.507 e. The average molecular weight is 561 g/mol. The normalized spacial score (nSPS) is 27.5. The van der Waals surface area contributed by atoms with Gasteiger partial charge in [-0.3, -0.25) is 28.8 Å². The highest BCUT2D eigenvalue weighted by Crippen LogP contribution is 2.51. The van der Waals surface area contributed by atoms with Crippen molar-refractivity contribution in [1.29, 1.82) is 0 Å². The Balaban J connectivity index is 1.57. The maximum absolute atomic E-state index is 14.0. The number of fused-ring (bicyclic) bond motifs is 3. The zero-order valence-electron chi connectivity index (χ0n) is 23.0. The summed E-state index contributed by atoms with van der Waals surface area (Å²) >= 11 is 0. The number of nitrogens with two attached hydrogens (primary N) is 1. The fraction of sp³-hybridized carbons (Fsp3) is 0.419. The number of primary amides is 1. The number of Topliss-reactive ketones (excluding diaryl/α,β-unsaturated/α-hetero) is 4. The predicted octanol–water partition coefficient (Wildman–Crippen LogP) is 1.55. The fourth-order valence-electron chi connectivity index (χ4n) is 6.71. The first kappa shape index (κ1) is 28.4. The van der Waals surface area contributed by atoms with E-state index in [0.717, 1.165) is 0 Å². The number of rotatable bonds is 4. The van der Waals surface area contributed by atoms with Crippen molar-refractivity contribution in [2.45, 2.75) is 57.6 Å². The molecule has 0 radical (unpaired) electrons. The molecule has 0 spiro atoms. The SMILES string of the molecule is CC(C)(C)c1cc(CNC(=O)c2ccccc2)c2c(c1O)C(=O)C1C(=O)[C@]3(O)C(=O)C(C(N)=O)C(=O)C[C@@H]3C[C@@H]1C2. The van der Waals surface area contributed by atoms with Crippen LogP contribution in [0.15, 0.2) is 36.4 Å². The molecule has 2 aromatic carbocycles. The van der Waals surface area contributed by atoms with Crippen LogP contribution in [-0.2, 0) is 37.6 Å². The summed E-state index contributed by atoms with van der Waals surface area (Å²) in [6.07, 6.45) is -0.265. The van der Waals surface area contributed by atoms with Crippen LogP contribution in [-0.4, -0.2) is 50.8 Å². The molecule has 10 nitrogen and oxygen atoms in total. The molecule has 0 bridgehead atoms. The van der Waals surface area contributed by atoms with Gasteiger partial charge in [0.1, 0.15) is 5.75 Å². The summed E-state index contributed by atoms with van der Waals surface area (Å²) in [6.45, 7) is 5.58. The quantitative estimate of drug-likeness (QED) is 0.406. The molecule has 2 saturated carbocycles. The van der Waals surface area contributed by atoms with Gasteiger partial charge in [0, 0.05) is 30.0 Å². The van der Waals surface area contributed by atoms with Crippen molar-refractivity contribution in [1.82, 2.24) is 5.32 Å². The number of phenols is 1. The van der Waals surface area contributed by atoms with Gasteiger partial charge in [0.05, 0.1) is 11.5 Å². The Morgan fingerprint density at radius 1 is 1.05 bits per heavy atom. The lowest BCUT2D eigenvalue weighted by Gasteiger charge is -2.48. The number of carbonyl (C=O) groups excluding carboxylic acids is 6. The number of amides is 2. The molecule has 0 aromatic heterocycles. The highest BCUT2D eigenvalue weighted by molar-refractivity contribution is 6.31. The summed E-state index contributed by atoms with van der Waals surface area (Å²) in [7, 11) is 0. The van der Waals surface area contributed by atoms with Gasteiger partial charge < -0.3 is 21.3 Å². The standard InChI is InChI=1S/C31H32N2O8/c1-30(2,3)19-11-16(13-33-29(40)14-7-5-4-6-8-14)18-10-15-9-17-12-20(34)23(28(32)39)27(38)31(17,41)26(37)21(15)25(36)22(18)24(19)35/h4-8,11,15,17,21,23,35,41H,9-10,12-13H2,1-3H3,(H2,32,39)(H,33,40)/t15-,17+,21?,23?,31+/m1/s1. The molecule has 0 saturated heterocycles. The summed E-state index contributed by atoms with van der Waals surface area (Å²) in [5.41, 5.74) is 3.78. The van der Waals surface area contributed by atoms with Gasteiger partial charge in [-0.25, -0.2) is 0 Å². The Bertz CT molecular complexity index is 1520. The zero-order valence-corrected chi connectivity index (χ0v) is 23.0. The lowest BCUT2D eigenvalue weighted by atomic mass is 9.53. The molecule has 214 valence electrons. The molecule has 3 aliphatic carbocycles. The molecule has 5 N–H and O–H groups in total. The zero-order chi connectivity index (χ0) is 30.0. The van der Waals surface area contributed by atoms with Crippen LogP contribution in [0.3, 0.4) is 0 Å². The second-order valence-corrected chi connectivity index (χ2v) is 12.3. The van der Waals surface area contributed by atoms with E-state index in [1.165, 1.54) is 0 Å². The molecule has 3 aliphatic rings. The third-order valence-corrected chi connectivity index (χ3v) is 8.78. The van der Waals surface area contributed by atoms with Crippen LogP contribution < -0.4 is 11.1 Å². The number of nitrogens with one attached hydrogen (secondary N) is 1. The van der Waals surface area contributed by atoms with Gasteiger partial charge in [-0.05, 0) is 53.5 Å². The van der Waals surface area contributed by atoms with Crippen molar-refractivity contribution >= 4 is 34.9 Å². The molecule has 2 aromatic rings. The van der Waals surface area contributed by atoms with Gasteiger partial charge in [-0.1, -0.05) is 39.0 Å². The molecular formula is C31H32N2O8. The number of hydrogen-bond donors (Lipinski definition) is 4. The summed E-state index contributed by atoms with van der Waals surface area (Å²) < 4.78 is 0. The molecule has 41 heavy (non-hydrogen) atoms. The van der Waals surface area contributed by atoms with E-state index in [-0.39, 0.29) is 36.6 Å². The average Bonchev–Trinajstić information content (AvgIpc) is 2.89. The van der Waals surface area contributed by atoms with Gasteiger partial charge in [0.15, 0.2) is 34.7 Å². The first-order chi connectivity index (χ1) is 19.2. The summed E-state index contributed by atoms with van der Waals surface area (Å²) in [6, 6.07) is 10.3. The topological polar surface area (TPSA) is 181 Å². The van der Waals surface area contributed by atoms with E-state index in [4.69, 9.17) is 5.73 Å². The predicted molar refractivity (Wildman–Crippen MR) is 145 cm³/mol. The minimum atomic E-state index is -2.70. The van der Waals surface area contributed by atoms with Crippen LogP contribution in [0.4, 0.5) is 0 Å². The minimum Gasteiger partial charge on any atom is -0.507 e. The van der Waals surface area contributed by atoms with Crippen LogP contribution in [0.1, 0.15) is 71.0 Å². The first-order valence-electron chi connectivity index (χ1n) is 13.6. The maximum atomic E-state index is 14.0. The van der Waals surface area contributed by atoms with E-state index in [2.05, 4.69) is 5.32 Å².